The monoisotopic (exact) mass is 308 g/mol. The molecule has 4 aliphatic rings. The minimum absolute atomic E-state index is 0.0358. The third-order valence-electron chi connectivity index (χ3n) is 8.31. The molecule has 0 aliphatic heterocycles. The van der Waals surface area contributed by atoms with Crippen LogP contribution >= 0.6 is 11.6 Å². The molecule has 0 amide bonds. The molecule has 0 aromatic rings. The molecule has 0 unspecified atom stereocenters. The van der Waals surface area contributed by atoms with Gasteiger partial charge in [0, 0.05) is 17.2 Å². The van der Waals surface area contributed by atoms with Crippen molar-refractivity contribution in [2.24, 2.45) is 34.5 Å². The summed E-state index contributed by atoms with van der Waals surface area (Å²) in [6.07, 6.45) is 11.0. The van der Waals surface area contributed by atoms with Crippen LogP contribution < -0.4 is 0 Å². The predicted molar refractivity (Wildman–Crippen MR) is 86.4 cm³/mol. The number of carbonyl (C=O) groups excluding carboxylic acids is 1. The highest BCUT2D eigenvalue weighted by Gasteiger charge is 2.60. The fraction of sp³-hybridized carbons (Fsp3) is 0.947. The molecule has 0 saturated heterocycles. The number of alkyl halides is 1. The second kappa shape index (κ2) is 4.73. The normalized spacial score (nSPS) is 56.5. The number of carbonyl (C=O) groups is 1. The Hall–Kier alpha value is -0.0400. The average Bonchev–Trinajstić information content (AvgIpc) is 2.76. The molecule has 0 spiro atoms. The minimum Gasteiger partial charge on any atom is -0.299 e. The second-order valence-electron chi connectivity index (χ2n) is 8.95. The van der Waals surface area contributed by atoms with Crippen molar-refractivity contribution in [1.82, 2.24) is 0 Å². The first-order valence-electron chi connectivity index (χ1n) is 9.12. The van der Waals surface area contributed by atoms with Crippen LogP contribution in [0.5, 0.6) is 0 Å². The van der Waals surface area contributed by atoms with Crippen LogP contribution in [0.4, 0.5) is 0 Å². The molecular formula is C19H29ClO. The SMILES string of the molecule is C[C@]12CC[C@H](Cl)C[C@@H]1CC[C@H]1[C@H]3CCC(=O)[C@@]3(C)CC[C@@H]12. The van der Waals surface area contributed by atoms with Gasteiger partial charge in [-0.25, -0.2) is 0 Å². The Balaban J connectivity index is 1.64. The Kier molecular flexibility index (Phi) is 3.27. The largest absolute Gasteiger partial charge is 0.299 e. The molecule has 4 saturated carbocycles. The summed E-state index contributed by atoms with van der Waals surface area (Å²) in [4.78, 5) is 12.4. The highest BCUT2D eigenvalue weighted by atomic mass is 35.5. The Morgan fingerprint density at radius 3 is 2.62 bits per heavy atom. The molecule has 21 heavy (non-hydrogen) atoms. The second-order valence-corrected chi connectivity index (χ2v) is 9.56. The van der Waals surface area contributed by atoms with Gasteiger partial charge in [-0.3, -0.25) is 4.79 Å². The summed E-state index contributed by atoms with van der Waals surface area (Å²) in [5.41, 5.74) is 0.551. The van der Waals surface area contributed by atoms with E-state index in [0.29, 0.717) is 22.5 Å². The van der Waals surface area contributed by atoms with Gasteiger partial charge < -0.3 is 0 Å². The quantitative estimate of drug-likeness (QED) is 0.562. The van der Waals surface area contributed by atoms with E-state index in [1.165, 1.54) is 44.9 Å². The average molecular weight is 309 g/mol. The van der Waals surface area contributed by atoms with E-state index >= 15 is 0 Å². The van der Waals surface area contributed by atoms with Crippen LogP contribution in [0, 0.1) is 34.5 Å². The Morgan fingerprint density at radius 2 is 1.81 bits per heavy atom. The fourth-order valence-electron chi connectivity index (χ4n) is 6.98. The van der Waals surface area contributed by atoms with Crippen molar-refractivity contribution >= 4 is 17.4 Å². The summed E-state index contributed by atoms with van der Waals surface area (Å²) in [5, 5.41) is 0.418. The van der Waals surface area contributed by atoms with Gasteiger partial charge in [-0.2, -0.15) is 0 Å². The van der Waals surface area contributed by atoms with E-state index in [1.54, 1.807) is 0 Å². The van der Waals surface area contributed by atoms with E-state index in [4.69, 9.17) is 11.6 Å². The molecule has 2 heteroatoms. The van der Waals surface area contributed by atoms with Crippen LogP contribution in [0.1, 0.15) is 71.6 Å². The van der Waals surface area contributed by atoms with Gasteiger partial charge in [-0.15, -0.1) is 11.6 Å². The van der Waals surface area contributed by atoms with Crippen molar-refractivity contribution in [2.45, 2.75) is 77.0 Å². The summed E-state index contributed by atoms with van der Waals surface area (Å²) in [5.74, 6) is 3.79. The zero-order valence-electron chi connectivity index (χ0n) is 13.5. The first-order valence-corrected chi connectivity index (χ1v) is 9.56. The molecule has 4 aliphatic carbocycles. The first kappa shape index (κ1) is 14.5. The Morgan fingerprint density at radius 1 is 1.00 bits per heavy atom. The van der Waals surface area contributed by atoms with Crippen molar-refractivity contribution in [2.75, 3.05) is 0 Å². The topological polar surface area (TPSA) is 17.1 Å². The third kappa shape index (κ3) is 1.92. The zero-order chi connectivity index (χ0) is 14.8. The lowest BCUT2D eigenvalue weighted by molar-refractivity contribution is -0.138. The molecule has 0 aromatic carbocycles. The van der Waals surface area contributed by atoms with Gasteiger partial charge in [-0.05, 0) is 80.5 Å². The smallest absolute Gasteiger partial charge is 0.139 e. The molecule has 1 nitrogen and oxygen atoms in total. The minimum atomic E-state index is 0.0358. The molecule has 0 bridgehead atoms. The molecule has 0 aromatic heterocycles. The molecule has 4 rings (SSSR count). The third-order valence-corrected chi connectivity index (χ3v) is 8.71. The van der Waals surface area contributed by atoms with Gasteiger partial charge in [0.2, 0.25) is 0 Å². The van der Waals surface area contributed by atoms with Gasteiger partial charge in [0.05, 0.1) is 0 Å². The summed E-state index contributed by atoms with van der Waals surface area (Å²) in [7, 11) is 0. The lowest BCUT2D eigenvalue weighted by Gasteiger charge is -2.60. The van der Waals surface area contributed by atoms with Crippen molar-refractivity contribution in [3.8, 4) is 0 Å². The molecule has 0 radical (unpaired) electrons. The lowest BCUT2D eigenvalue weighted by Crippen LogP contribution is -2.53. The first-order chi connectivity index (χ1) is 9.95. The van der Waals surface area contributed by atoms with Gasteiger partial charge >= 0.3 is 0 Å². The Labute approximate surface area is 134 Å². The van der Waals surface area contributed by atoms with Crippen LogP contribution in [0.25, 0.3) is 0 Å². The van der Waals surface area contributed by atoms with Gasteiger partial charge in [0.25, 0.3) is 0 Å². The standard InChI is InChI=1S/C19H29ClO/c1-18-9-7-13(20)11-12(18)3-4-14-15-5-6-17(21)19(15,2)10-8-16(14)18/h12-16H,3-11H2,1-2H3/t12-,13-,14-,15+,16-,18-,19-/m0/s1. The summed E-state index contributed by atoms with van der Waals surface area (Å²) < 4.78 is 0. The van der Waals surface area contributed by atoms with E-state index in [-0.39, 0.29) is 5.41 Å². The van der Waals surface area contributed by atoms with E-state index in [0.717, 1.165) is 30.6 Å². The van der Waals surface area contributed by atoms with Crippen LogP contribution in [0.15, 0.2) is 0 Å². The van der Waals surface area contributed by atoms with Gasteiger partial charge in [-0.1, -0.05) is 13.8 Å². The van der Waals surface area contributed by atoms with Gasteiger partial charge in [0.15, 0.2) is 0 Å². The number of hydrogen-bond acceptors (Lipinski definition) is 1. The van der Waals surface area contributed by atoms with E-state index in [2.05, 4.69) is 13.8 Å². The van der Waals surface area contributed by atoms with Crippen molar-refractivity contribution in [3.05, 3.63) is 0 Å². The number of fused-ring (bicyclic) bond motifs is 5. The maximum absolute atomic E-state index is 12.4. The number of rotatable bonds is 0. The summed E-state index contributed by atoms with van der Waals surface area (Å²) in [6.45, 7) is 4.85. The summed E-state index contributed by atoms with van der Waals surface area (Å²) in [6, 6.07) is 0. The van der Waals surface area contributed by atoms with Crippen molar-refractivity contribution < 1.29 is 4.79 Å². The maximum atomic E-state index is 12.4. The molecule has 0 heterocycles. The molecule has 7 atom stereocenters. The highest BCUT2D eigenvalue weighted by Crippen LogP contribution is 2.65. The Bertz CT molecular complexity index is 460. The fourth-order valence-corrected chi connectivity index (χ4v) is 7.30. The van der Waals surface area contributed by atoms with Gasteiger partial charge in [0.1, 0.15) is 5.78 Å². The van der Waals surface area contributed by atoms with E-state index in [1.807, 2.05) is 0 Å². The molecular weight excluding hydrogens is 280 g/mol. The number of hydrogen-bond donors (Lipinski definition) is 0. The van der Waals surface area contributed by atoms with Crippen LogP contribution in [-0.4, -0.2) is 11.2 Å². The highest BCUT2D eigenvalue weighted by molar-refractivity contribution is 6.20. The number of ketones is 1. The van der Waals surface area contributed by atoms with Crippen LogP contribution in [0.3, 0.4) is 0 Å². The summed E-state index contributed by atoms with van der Waals surface area (Å²) >= 11 is 6.46. The number of Topliss-reactive ketones (excluding diaryl/α,β-unsaturated/α-hetero) is 1. The number of halogens is 1. The van der Waals surface area contributed by atoms with Crippen LogP contribution in [-0.2, 0) is 4.79 Å². The molecule has 4 fully saturated rings. The van der Waals surface area contributed by atoms with E-state index < -0.39 is 0 Å². The predicted octanol–water partition coefficient (Wildman–Crippen LogP) is 5.21. The zero-order valence-corrected chi connectivity index (χ0v) is 14.3. The maximum Gasteiger partial charge on any atom is 0.139 e. The molecule has 118 valence electrons. The lowest BCUT2D eigenvalue weighted by atomic mass is 9.45. The van der Waals surface area contributed by atoms with Crippen molar-refractivity contribution in [1.29, 1.82) is 0 Å². The van der Waals surface area contributed by atoms with Crippen molar-refractivity contribution in [3.63, 3.8) is 0 Å². The van der Waals surface area contributed by atoms with E-state index in [9.17, 15) is 4.79 Å². The van der Waals surface area contributed by atoms with Crippen LogP contribution in [0.2, 0.25) is 0 Å². The molecule has 0 N–H and O–H groups in total.